The van der Waals surface area contributed by atoms with Crippen LogP contribution in [0, 0.1) is 29.4 Å². The number of fused-ring (bicyclic) bond motifs is 4. The van der Waals surface area contributed by atoms with Crippen molar-refractivity contribution in [3.63, 3.8) is 0 Å². The summed E-state index contributed by atoms with van der Waals surface area (Å²) in [5, 5.41) is 13.9. The molecule has 2 heterocycles. The van der Waals surface area contributed by atoms with Gasteiger partial charge in [0.15, 0.2) is 5.82 Å². The maximum atomic E-state index is 14.5. The number of rotatable bonds is 5. The molecule has 6 nitrogen and oxygen atoms in total. The van der Waals surface area contributed by atoms with Gasteiger partial charge in [0.1, 0.15) is 17.5 Å². The van der Waals surface area contributed by atoms with Crippen molar-refractivity contribution in [2.24, 2.45) is 17.8 Å². The predicted octanol–water partition coefficient (Wildman–Crippen LogP) is 7.17. The molecule has 2 aromatic carbocycles. The number of carboxylic acids is 1. The van der Waals surface area contributed by atoms with Crippen molar-refractivity contribution in [1.82, 2.24) is 15.0 Å². The lowest BCUT2D eigenvalue weighted by atomic mass is 9.61. The number of carbonyl (C=O) groups is 1. The van der Waals surface area contributed by atoms with Gasteiger partial charge < -0.3 is 15.4 Å². The van der Waals surface area contributed by atoms with Crippen LogP contribution in [0.25, 0.3) is 33.5 Å². The Hall–Kier alpha value is -3.81. The van der Waals surface area contributed by atoms with E-state index in [1.54, 1.807) is 6.20 Å². The SMILES string of the molecule is CC(C)(C)c1ccc(-c2cc(NC3C4CCC(CC4)C3C(=O)O)nc(-c3c[nH]c4c(F)cc(F)cc34)n2)cc1. The summed E-state index contributed by atoms with van der Waals surface area (Å²) >= 11 is 0. The average molecular weight is 531 g/mol. The van der Waals surface area contributed by atoms with Crippen LogP contribution in [0.3, 0.4) is 0 Å². The number of carboxylic acid groups (broad SMARTS) is 1. The van der Waals surface area contributed by atoms with Crippen molar-refractivity contribution in [2.45, 2.75) is 57.9 Å². The van der Waals surface area contributed by atoms with Crippen LogP contribution >= 0.6 is 0 Å². The highest BCUT2D eigenvalue weighted by Crippen LogP contribution is 2.46. The van der Waals surface area contributed by atoms with Crippen molar-refractivity contribution in [3.8, 4) is 22.6 Å². The first kappa shape index (κ1) is 25.5. The van der Waals surface area contributed by atoms with E-state index in [1.807, 2.05) is 18.2 Å². The highest BCUT2D eigenvalue weighted by Gasteiger charge is 2.47. The Kier molecular flexibility index (Phi) is 6.16. The molecule has 2 atom stereocenters. The number of aromatic nitrogens is 3. The Labute approximate surface area is 225 Å². The molecule has 4 aromatic rings. The summed E-state index contributed by atoms with van der Waals surface area (Å²) in [7, 11) is 0. The van der Waals surface area contributed by atoms with Gasteiger partial charge in [-0.15, -0.1) is 0 Å². The smallest absolute Gasteiger partial charge is 0.308 e. The minimum atomic E-state index is -0.781. The molecule has 3 aliphatic rings. The molecule has 3 aliphatic carbocycles. The molecule has 0 spiro atoms. The summed E-state index contributed by atoms with van der Waals surface area (Å²) in [5.41, 5.74) is 3.34. The van der Waals surface area contributed by atoms with Gasteiger partial charge in [-0.25, -0.2) is 18.7 Å². The summed E-state index contributed by atoms with van der Waals surface area (Å²) in [6.07, 6.45) is 5.44. The first-order valence-corrected chi connectivity index (χ1v) is 13.5. The molecule has 0 radical (unpaired) electrons. The molecule has 2 unspecified atom stereocenters. The number of H-pyrrole nitrogens is 1. The van der Waals surface area contributed by atoms with Gasteiger partial charge in [-0.3, -0.25) is 4.79 Å². The second kappa shape index (κ2) is 9.43. The van der Waals surface area contributed by atoms with Crippen molar-refractivity contribution >= 4 is 22.7 Å². The zero-order chi connectivity index (χ0) is 27.5. The molecule has 202 valence electrons. The van der Waals surface area contributed by atoms with Gasteiger partial charge >= 0.3 is 5.97 Å². The first-order chi connectivity index (χ1) is 18.6. The van der Waals surface area contributed by atoms with Gasteiger partial charge in [-0.2, -0.15) is 0 Å². The molecular weight excluding hydrogens is 498 g/mol. The minimum absolute atomic E-state index is 0.00754. The fourth-order valence-corrected chi connectivity index (χ4v) is 6.45. The second-order valence-corrected chi connectivity index (χ2v) is 12.0. The first-order valence-electron chi connectivity index (χ1n) is 13.5. The molecule has 3 N–H and O–H groups in total. The van der Waals surface area contributed by atoms with E-state index >= 15 is 0 Å². The maximum absolute atomic E-state index is 14.5. The molecule has 2 bridgehead atoms. The zero-order valence-corrected chi connectivity index (χ0v) is 22.3. The largest absolute Gasteiger partial charge is 0.481 e. The topological polar surface area (TPSA) is 90.9 Å². The van der Waals surface area contributed by atoms with E-state index in [9.17, 15) is 18.7 Å². The molecule has 2 aromatic heterocycles. The van der Waals surface area contributed by atoms with Gasteiger partial charge in [-0.05, 0) is 54.6 Å². The number of nitrogens with one attached hydrogen (secondary N) is 2. The van der Waals surface area contributed by atoms with Crippen molar-refractivity contribution < 1.29 is 18.7 Å². The minimum Gasteiger partial charge on any atom is -0.481 e. The molecule has 3 fully saturated rings. The van der Waals surface area contributed by atoms with Crippen LogP contribution in [0.4, 0.5) is 14.6 Å². The Bertz CT molecular complexity index is 1550. The monoisotopic (exact) mass is 530 g/mol. The van der Waals surface area contributed by atoms with E-state index in [4.69, 9.17) is 9.97 Å². The molecule has 0 aliphatic heterocycles. The molecular formula is C31H32F2N4O2. The second-order valence-electron chi connectivity index (χ2n) is 12.0. The van der Waals surface area contributed by atoms with Crippen molar-refractivity contribution in [2.75, 3.05) is 5.32 Å². The van der Waals surface area contributed by atoms with E-state index in [0.717, 1.165) is 37.3 Å². The Morgan fingerprint density at radius 2 is 1.69 bits per heavy atom. The summed E-state index contributed by atoms with van der Waals surface area (Å²) in [4.78, 5) is 24.7. The van der Waals surface area contributed by atoms with Crippen LogP contribution in [0.1, 0.15) is 52.0 Å². The van der Waals surface area contributed by atoms with E-state index in [2.05, 4.69) is 43.2 Å². The van der Waals surface area contributed by atoms with Crippen LogP contribution in [0.5, 0.6) is 0 Å². The van der Waals surface area contributed by atoms with Crippen molar-refractivity contribution in [1.29, 1.82) is 0 Å². The quantitative estimate of drug-likeness (QED) is 0.254. The van der Waals surface area contributed by atoms with Crippen LogP contribution < -0.4 is 5.32 Å². The van der Waals surface area contributed by atoms with Gasteiger partial charge in [0.2, 0.25) is 0 Å². The highest BCUT2D eigenvalue weighted by atomic mass is 19.1. The van der Waals surface area contributed by atoms with Gasteiger partial charge in [-0.1, -0.05) is 45.0 Å². The number of benzene rings is 2. The van der Waals surface area contributed by atoms with E-state index < -0.39 is 23.5 Å². The molecule has 8 heteroatoms. The van der Waals surface area contributed by atoms with Crippen LogP contribution in [-0.4, -0.2) is 32.1 Å². The van der Waals surface area contributed by atoms with Crippen LogP contribution in [-0.2, 0) is 10.2 Å². The molecule has 0 amide bonds. The average Bonchev–Trinajstić information content (AvgIpc) is 3.33. The number of nitrogens with zero attached hydrogens (tertiary/aromatic N) is 2. The van der Waals surface area contributed by atoms with Crippen molar-refractivity contribution in [3.05, 3.63) is 65.9 Å². The standard InChI is InChI=1S/C31H32F2N4O2/c1-31(2,3)19-10-8-16(9-11-19)24-14-25(36-27-18-6-4-17(5-7-18)26(27)30(38)39)37-29(35-24)22-15-34-28-21(22)12-20(32)13-23(28)33/h8-15,17-18,26-27,34H,4-7H2,1-3H3,(H,38,39)(H,35,36,37). The highest BCUT2D eigenvalue weighted by molar-refractivity contribution is 5.94. The Morgan fingerprint density at radius 3 is 2.36 bits per heavy atom. The van der Waals surface area contributed by atoms with Gasteiger partial charge in [0.05, 0.1) is 17.1 Å². The number of aromatic amines is 1. The third-order valence-electron chi connectivity index (χ3n) is 8.54. The summed E-state index contributed by atoms with van der Waals surface area (Å²) in [6.45, 7) is 6.45. The van der Waals surface area contributed by atoms with Gasteiger partial charge in [0, 0.05) is 40.9 Å². The normalized spacial score (nSPS) is 22.8. The number of anilines is 1. The van der Waals surface area contributed by atoms with Gasteiger partial charge in [0.25, 0.3) is 0 Å². The van der Waals surface area contributed by atoms with E-state index in [-0.39, 0.29) is 28.8 Å². The fourth-order valence-electron chi connectivity index (χ4n) is 6.45. The van der Waals surface area contributed by atoms with Crippen LogP contribution in [0.2, 0.25) is 0 Å². The Morgan fingerprint density at radius 1 is 1.00 bits per heavy atom. The number of hydrogen-bond acceptors (Lipinski definition) is 4. The summed E-state index contributed by atoms with van der Waals surface area (Å²) in [6, 6.07) is 11.9. The lowest BCUT2D eigenvalue weighted by Gasteiger charge is -2.47. The van der Waals surface area contributed by atoms with Crippen LogP contribution in [0.15, 0.2) is 48.7 Å². The lowest BCUT2D eigenvalue weighted by molar-refractivity contribution is -0.148. The maximum Gasteiger partial charge on any atom is 0.308 e. The molecule has 3 saturated carbocycles. The summed E-state index contributed by atoms with van der Waals surface area (Å²) in [5.74, 6) is -1.43. The third-order valence-corrected chi connectivity index (χ3v) is 8.54. The molecule has 7 rings (SSSR count). The van der Waals surface area contributed by atoms with E-state index in [1.165, 1.54) is 11.6 Å². The lowest BCUT2D eigenvalue weighted by Crippen LogP contribution is -2.51. The van der Waals surface area contributed by atoms with E-state index in [0.29, 0.717) is 28.3 Å². The summed E-state index contributed by atoms with van der Waals surface area (Å²) < 4.78 is 28.6. The third kappa shape index (κ3) is 4.66. The number of aliphatic carboxylic acids is 1. The number of hydrogen-bond donors (Lipinski definition) is 3. The fraction of sp³-hybridized carbons (Fsp3) is 0.387. The molecule has 39 heavy (non-hydrogen) atoms. The zero-order valence-electron chi connectivity index (χ0n) is 22.3. The Balaban J connectivity index is 1.46. The predicted molar refractivity (Wildman–Crippen MR) is 147 cm³/mol. The number of halogens is 2. The molecule has 0 saturated heterocycles.